The molecule has 1 N–H and O–H groups in total. The number of aromatic nitrogens is 2. The van der Waals surface area contributed by atoms with Crippen molar-refractivity contribution in [3.8, 4) is 11.8 Å². The van der Waals surface area contributed by atoms with Crippen molar-refractivity contribution in [2.75, 3.05) is 19.8 Å². The zero-order valence-corrected chi connectivity index (χ0v) is 20.0. The Labute approximate surface area is 208 Å². The van der Waals surface area contributed by atoms with Gasteiger partial charge in [-0.2, -0.15) is 5.26 Å². The third kappa shape index (κ3) is 5.06. The molecule has 1 saturated carbocycles. The van der Waals surface area contributed by atoms with Gasteiger partial charge in [0, 0.05) is 31.1 Å². The van der Waals surface area contributed by atoms with E-state index in [-0.39, 0.29) is 36.6 Å². The molecule has 1 aliphatic carbocycles. The number of aliphatic hydroxyl groups is 1. The summed E-state index contributed by atoms with van der Waals surface area (Å²) >= 11 is 0. The van der Waals surface area contributed by atoms with Crippen LogP contribution in [-0.2, 0) is 16.2 Å². The maximum Gasteiger partial charge on any atom is 0.249 e. The average molecular weight is 493 g/mol. The summed E-state index contributed by atoms with van der Waals surface area (Å²) in [6.07, 6.45) is 7.65. The van der Waals surface area contributed by atoms with Crippen molar-refractivity contribution < 1.29 is 23.9 Å². The minimum Gasteiger partial charge on any atom is -0.490 e. The number of nitrogens with zero attached hydrogens (tertiary/aromatic N) is 4. The SMILES string of the molecule is N#Cc1cc(F)cc([C@@H]2CCON2C(=O)C2CCC(Cn3ccc4ncc(OCCO)cc43)CC2)c1. The van der Waals surface area contributed by atoms with E-state index in [1.807, 2.05) is 24.4 Å². The van der Waals surface area contributed by atoms with Crippen LogP contribution in [0.5, 0.6) is 5.75 Å². The highest BCUT2D eigenvalue weighted by molar-refractivity contribution is 5.79. The van der Waals surface area contributed by atoms with E-state index in [9.17, 15) is 14.4 Å². The highest BCUT2D eigenvalue weighted by Gasteiger charge is 2.37. The van der Waals surface area contributed by atoms with Gasteiger partial charge in [-0.3, -0.25) is 14.6 Å². The van der Waals surface area contributed by atoms with E-state index >= 15 is 0 Å². The molecule has 1 aliphatic heterocycles. The number of hydroxylamine groups is 2. The topological polar surface area (TPSA) is 101 Å². The van der Waals surface area contributed by atoms with Crippen LogP contribution in [0.25, 0.3) is 11.0 Å². The van der Waals surface area contributed by atoms with E-state index in [0.717, 1.165) is 43.3 Å². The second-order valence-electron chi connectivity index (χ2n) is 9.52. The van der Waals surface area contributed by atoms with E-state index in [2.05, 4.69) is 9.55 Å². The summed E-state index contributed by atoms with van der Waals surface area (Å²) in [5.41, 5.74) is 2.72. The van der Waals surface area contributed by atoms with Crippen molar-refractivity contribution in [2.45, 2.75) is 44.7 Å². The number of pyridine rings is 1. The second kappa shape index (κ2) is 10.6. The number of hydrogen-bond acceptors (Lipinski definition) is 6. The van der Waals surface area contributed by atoms with Gasteiger partial charge < -0.3 is 14.4 Å². The fourth-order valence-electron chi connectivity index (χ4n) is 5.35. The first kappa shape index (κ1) is 24.2. The van der Waals surface area contributed by atoms with Gasteiger partial charge in [-0.15, -0.1) is 0 Å². The maximum atomic E-state index is 14.0. The fourth-order valence-corrected chi connectivity index (χ4v) is 5.35. The molecule has 188 valence electrons. The van der Waals surface area contributed by atoms with E-state index in [1.165, 1.54) is 17.2 Å². The number of fused-ring (bicyclic) bond motifs is 1. The molecule has 5 rings (SSSR count). The lowest BCUT2D eigenvalue weighted by Gasteiger charge is -2.32. The van der Waals surface area contributed by atoms with E-state index < -0.39 is 5.82 Å². The molecule has 9 heteroatoms. The first-order valence-corrected chi connectivity index (χ1v) is 12.4. The van der Waals surface area contributed by atoms with Crippen molar-refractivity contribution in [3.05, 3.63) is 59.7 Å². The smallest absolute Gasteiger partial charge is 0.249 e. The molecular formula is C27H29FN4O4. The number of nitriles is 1. The van der Waals surface area contributed by atoms with Crippen molar-refractivity contribution in [3.63, 3.8) is 0 Å². The highest BCUT2D eigenvalue weighted by Crippen LogP contribution is 2.37. The molecule has 0 bridgehead atoms. The predicted molar refractivity (Wildman–Crippen MR) is 129 cm³/mol. The van der Waals surface area contributed by atoms with Crippen LogP contribution in [0.1, 0.15) is 49.3 Å². The molecule has 0 unspecified atom stereocenters. The number of amides is 1. The van der Waals surface area contributed by atoms with Gasteiger partial charge in [-0.25, -0.2) is 9.45 Å². The summed E-state index contributed by atoms with van der Waals surface area (Å²) in [6, 6.07) is 9.74. The molecule has 1 saturated heterocycles. The molecule has 1 amide bonds. The Morgan fingerprint density at radius 2 is 2.06 bits per heavy atom. The van der Waals surface area contributed by atoms with Gasteiger partial charge in [-0.1, -0.05) is 0 Å². The van der Waals surface area contributed by atoms with Crippen LogP contribution >= 0.6 is 0 Å². The number of aliphatic hydroxyl groups excluding tert-OH is 1. The Bertz CT molecular complexity index is 1280. The number of hydrogen-bond donors (Lipinski definition) is 1. The third-order valence-corrected chi connectivity index (χ3v) is 7.16. The van der Waals surface area contributed by atoms with Crippen LogP contribution in [-0.4, -0.2) is 45.4 Å². The molecule has 8 nitrogen and oxygen atoms in total. The van der Waals surface area contributed by atoms with Crippen LogP contribution in [0.3, 0.4) is 0 Å². The number of ether oxygens (including phenoxy) is 1. The lowest BCUT2D eigenvalue weighted by Crippen LogP contribution is -2.37. The van der Waals surface area contributed by atoms with E-state index in [1.54, 1.807) is 12.3 Å². The molecule has 1 atom stereocenters. The number of carbonyl (C=O) groups excluding carboxylic acids is 1. The summed E-state index contributed by atoms with van der Waals surface area (Å²) in [5, 5.41) is 19.6. The summed E-state index contributed by atoms with van der Waals surface area (Å²) in [5.74, 6) is 0.394. The molecule has 2 fully saturated rings. The summed E-state index contributed by atoms with van der Waals surface area (Å²) < 4.78 is 21.7. The first-order valence-electron chi connectivity index (χ1n) is 12.4. The Kier molecular flexibility index (Phi) is 7.16. The normalized spacial score (nSPS) is 22.0. The van der Waals surface area contributed by atoms with Crippen LogP contribution < -0.4 is 4.74 Å². The second-order valence-corrected chi connectivity index (χ2v) is 9.52. The van der Waals surface area contributed by atoms with Gasteiger partial charge in [0.25, 0.3) is 0 Å². The number of halogens is 1. The lowest BCUT2D eigenvalue weighted by atomic mass is 9.81. The average Bonchev–Trinajstić information content (AvgIpc) is 3.54. The standard InChI is InChI=1S/C27H29FN4O4/c28-22-12-19(15-29)11-21(13-22)25-6-9-36-32(25)27(34)20-3-1-18(2-4-20)17-31-7-5-24-26(31)14-23(16-30-24)35-10-8-33/h5,7,11-14,16,18,20,25,33H,1-4,6,8-10,17H2/t18?,20?,25-/m0/s1. The van der Waals surface area contributed by atoms with Crippen molar-refractivity contribution in [1.29, 1.82) is 5.26 Å². The summed E-state index contributed by atoms with van der Waals surface area (Å²) in [4.78, 5) is 23.5. The largest absolute Gasteiger partial charge is 0.490 e. The van der Waals surface area contributed by atoms with Crippen molar-refractivity contribution in [2.24, 2.45) is 11.8 Å². The summed E-state index contributed by atoms with van der Waals surface area (Å²) in [7, 11) is 0. The van der Waals surface area contributed by atoms with Crippen molar-refractivity contribution in [1.82, 2.24) is 14.6 Å². The number of rotatable bonds is 7. The maximum absolute atomic E-state index is 14.0. The van der Waals surface area contributed by atoms with Crippen LogP contribution in [0.2, 0.25) is 0 Å². The van der Waals surface area contributed by atoms with Gasteiger partial charge in [0.15, 0.2) is 0 Å². The fraction of sp³-hybridized carbons (Fsp3) is 0.444. The van der Waals surface area contributed by atoms with Crippen LogP contribution in [0.15, 0.2) is 42.7 Å². The zero-order chi connectivity index (χ0) is 25.1. The summed E-state index contributed by atoms with van der Waals surface area (Å²) in [6.45, 7) is 1.40. The quantitative estimate of drug-likeness (QED) is 0.532. The Balaban J connectivity index is 1.21. The van der Waals surface area contributed by atoms with Crippen molar-refractivity contribution >= 4 is 16.9 Å². The van der Waals surface area contributed by atoms with E-state index in [4.69, 9.17) is 14.7 Å². The minimum absolute atomic E-state index is 0.0482. The molecule has 3 aromatic rings. The lowest BCUT2D eigenvalue weighted by molar-refractivity contribution is -0.183. The molecule has 3 heterocycles. The Morgan fingerprint density at radius 3 is 2.83 bits per heavy atom. The highest BCUT2D eigenvalue weighted by atomic mass is 19.1. The zero-order valence-electron chi connectivity index (χ0n) is 20.0. The van der Waals surface area contributed by atoms with Gasteiger partial charge in [0.05, 0.1) is 48.1 Å². The van der Waals surface area contributed by atoms with Gasteiger partial charge in [0.2, 0.25) is 5.91 Å². The molecular weight excluding hydrogens is 463 g/mol. The molecule has 36 heavy (non-hydrogen) atoms. The number of benzene rings is 1. The van der Waals surface area contributed by atoms with Gasteiger partial charge in [-0.05, 0) is 61.4 Å². The van der Waals surface area contributed by atoms with Crippen LogP contribution in [0.4, 0.5) is 4.39 Å². The monoisotopic (exact) mass is 492 g/mol. The van der Waals surface area contributed by atoms with E-state index in [0.29, 0.717) is 30.3 Å². The third-order valence-electron chi connectivity index (χ3n) is 7.16. The predicted octanol–water partition coefficient (Wildman–Crippen LogP) is 4.13. The molecule has 1 aromatic carbocycles. The molecule has 0 radical (unpaired) electrons. The Hall–Kier alpha value is -3.48. The van der Waals surface area contributed by atoms with Crippen LogP contribution in [0, 0.1) is 29.0 Å². The van der Waals surface area contributed by atoms with Gasteiger partial charge >= 0.3 is 0 Å². The molecule has 2 aliphatic rings. The Morgan fingerprint density at radius 1 is 1.22 bits per heavy atom. The minimum atomic E-state index is -0.483. The first-order chi connectivity index (χ1) is 17.6. The van der Waals surface area contributed by atoms with Gasteiger partial charge in [0.1, 0.15) is 18.2 Å². The molecule has 2 aromatic heterocycles. The number of carbonyl (C=O) groups is 1. The molecule has 0 spiro atoms.